The van der Waals surface area contributed by atoms with Crippen molar-refractivity contribution in [3.05, 3.63) is 28.8 Å². The van der Waals surface area contributed by atoms with E-state index < -0.39 is 0 Å². The van der Waals surface area contributed by atoms with Crippen molar-refractivity contribution in [1.29, 1.82) is 5.41 Å². The molecule has 0 amide bonds. The van der Waals surface area contributed by atoms with Gasteiger partial charge in [0, 0.05) is 18.8 Å². The molecule has 1 aliphatic rings. The fourth-order valence-corrected chi connectivity index (χ4v) is 2.98. The Morgan fingerprint density at radius 1 is 1.32 bits per heavy atom. The average molecular weight is 280 g/mol. The molecule has 3 nitrogen and oxygen atoms in total. The van der Waals surface area contributed by atoms with Gasteiger partial charge in [-0.25, -0.2) is 0 Å². The van der Waals surface area contributed by atoms with Crippen LogP contribution < -0.4 is 10.6 Å². The molecule has 0 aromatic heterocycles. The number of benzene rings is 1. The van der Waals surface area contributed by atoms with E-state index in [0.717, 1.165) is 31.6 Å². The summed E-state index contributed by atoms with van der Waals surface area (Å²) in [4.78, 5) is 2.32. The average Bonchev–Trinajstić information content (AvgIpc) is 2.49. The van der Waals surface area contributed by atoms with Crippen molar-refractivity contribution in [3.63, 3.8) is 0 Å². The van der Waals surface area contributed by atoms with Crippen LogP contribution in [0, 0.1) is 10.8 Å². The third-order valence-corrected chi connectivity index (χ3v) is 4.26. The predicted octanol–water partition coefficient (Wildman–Crippen LogP) is 3.64. The van der Waals surface area contributed by atoms with Gasteiger partial charge < -0.3 is 10.6 Å². The minimum Gasteiger partial charge on any atom is -0.384 e. The monoisotopic (exact) mass is 279 g/mol. The first-order chi connectivity index (χ1) is 8.91. The van der Waals surface area contributed by atoms with Gasteiger partial charge >= 0.3 is 0 Å². The minimum absolute atomic E-state index is 0.0455. The topological polar surface area (TPSA) is 53.1 Å². The van der Waals surface area contributed by atoms with E-state index in [1.165, 1.54) is 6.42 Å². The molecule has 1 fully saturated rings. The normalized spacial score (nSPS) is 19.0. The number of amidine groups is 1. The smallest absolute Gasteiger partial charge is 0.126 e. The molecule has 3 N–H and O–H groups in total. The van der Waals surface area contributed by atoms with Gasteiger partial charge in [0.15, 0.2) is 0 Å². The van der Waals surface area contributed by atoms with Gasteiger partial charge in [-0.1, -0.05) is 31.5 Å². The van der Waals surface area contributed by atoms with Crippen molar-refractivity contribution in [2.45, 2.75) is 33.1 Å². The van der Waals surface area contributed by atoms with Crippen LogP contribution >= 0.6 is 11.6 Å². The molecule has 1 saturated heterocycles. The Balaban J connectivity index is 2.32. The number of hydrogen-bond acceptors (Lipinski definition) is 2. The number of nitrogen functional groups attached to an aromatic ring is 1. The Morgan fingerprint density at radius 2 is 2.05 bits per heavy atom. The lowest BCUT2D eigenvalue weighted by molar-refractivity contribution is 0.325. The van der Waals surface area contributed by atoms with E-state index in [1.54, 1.807) is 6.07 Å². The molecule has 0 aliphatic carbocycles. The van der Waals surface area contributed by atoms with Gasteiger partial charge in [0.2, 0.25) is 0 Å². The van der Waals surface area contributed by atoms with E-state index in [0.29, 0.717) is 16.0 Å². The summed E-state index contributed by atoms with van der Waals surface area (Å²) in [6, 6.07) is 5.74. The number of nitrogens with two attached hydrogens (primary N) is 1. The van der Waals surface area contributed by atoms with Crippen LogP contribution in [0.5, 0.6) is 0 Å². The van der Waals surface area contributed by atoms with Crippen LogP contribution in [-0.2, 0) is 0 Å². The summed E-state index contributed by atoms with van der Waals surface area (Å²) in [5.74, 6) is 0.0455. The number of nitrogens with one attached hydrogen (secondary N) is 1. The Morgan fingerprint density at radius 3 is 2.74 bits per heavy atom. The molecule has 1 aromatic carbocycles. The summed E-state index contributed by atoms with van der Waals surface area (Å²) in [7, 11) is 0. The van der Waals surface area contributed by atoms with E-state index in [9.17, 15) is 0 Å². The molecular weight excluding hydrogens is 258 g/mol. The van der Waals surface area contributed by atoms with Gasteiger partial charge in [0.05, 0.1) is 10.6 Å². The number of anilines is 1. The number of halogens is 1. The second kappa shape index (κ2) is 5.41. The second-order valence-electron chi connectivity index (χ2n) is 6.05. The molecule has 104 valence electrons. The standard InChI is InChI=1S/C15H22ClN3/c1-15(2)7-4-9-19(10-8-15)12-6-3-5-11(16)13(12)14(17)18/h3,5-6H,4,7-10H2,1-2H3,(H3,17,18). The lowest BCUT2D eigenvalue weighted by atomic mass is 9.85. The van der Waals surface area contributed by atoms with E-state index >= 15 is 0 Å². The van der Waals surface area contributed by atoms with Crippen molar-refractivity contribution in [2.24, 2.45) is 11.1 Å². The molecule has 2 rings (SSSR count). The van der Waals surface area contributed by atoms with Crippen LogP contribution in [-0.4, -0.2) is 18.9 Å². The first kappa shape index (κ1) is 14.2. The van der Waals surface area contributed by atoms with Gasteiger partial charge in [-0.3, -0.25) is 5.41 Å². The van der Waals surface area contributed by atoms with E-state index in [-0.39, 0.29) is 5.84 Å². The highest BCUT2D eigenvalue weighted by Gasteiger charge is 2.25. The first-order valence-electron chi connectivity index (χ1n) is 6.78. The van der Waals surface area contributed by atoms with Crippen LogP contribution in [0.2, 0.25) is 5.02 Å². The highest BCUT2D eigenvalue weighted by Crippen LogP contribution is 2.34. The highest BCUT2D eigenvalue weighted by molar-refractivity contribution is 6.34. The summed E-state index contributed by atoms with van der Waals surface area (Å²) in [6.45, 7) is 6.64. The molecule has 19 heavy (non-hydrogen) atoms. The molecule has 0 bridgehead atoms. The zero-order chi connectivity index (χ0) is 14.0. The third-order valence-electron chi connectivity index (χ3n) is 3.94. The summed E-state index contributed by atoms with van der Waals surface area (Å²) in [6.07, 6.45) is 3.55. The van der Waals surface area contributed by atoms with E-state index in [4.69, 9.17) is 22.7 Å². The highest BCUT2D eigenvalue weighted by atomic mass is 35.5. The van der Waals surface area contributed by atoms with Crippen LogP contribution in [0.15, 0.2) is 18.2 Å². The second-order valence-corrected chi connectivity index (χ2v) is 6.46. The van der Waals surface area contributed by atoms with Crippen LogP contribution in [0.1, 0.15) is 38.7 Å². The quantitative estimate of drug-likeness (QED) is 0.641. The summed E-state index contributed by atoms with van der Waals surface area (Å²) < 4.78 is 0. The zero-order valence-corrected chi connectivity index (χ0v) is 12.4. The molecule has 0 radical (unpaired) electrons. The molecule has 1 heterocycles. The van der Waals surface area contributed by atoms with E-state index in [1.807, 2.05) is 12.1 Å². The molecule has 0 saturated carbocycles. The Hall–Kier alpha value is -1.22. The number of hydrogen-bond donors (Lipinski definition) is 2. The van der Waals surface area contributed by atoms with Crippen LogP contribution in [0.3, 0.4) is 0 Å². The van der Waals surface area contributed by atoms with Crippen molar-refractivity contribution >= 4 is 23.1 Å². The maximum absolute atomic E-state index is 7.74. The fraction of sp³-hybridized carbons (Fsp3) is 0.533. The molecule has 1 aliphatic heterocycles. The molecular formula is C15H22ClN3. The van der Waals surface area contributed by atoms with Crippen molar-refractivity contribution in [1.82, 2.24) is 0 Å². The molecule has 4 heteroatoms. The van der Waals surface area contributed by atoms with Crippen molar-refractivity contribution in [2.75, 3.05) is 18.0 Å². The zero-order valence-electron chi connectivity index (χ0n) is 11.7. The minimum atomic E-state index is 0.0455. The largest absolute Gasteiger partial charge is 0.384 e. The molecule has 1 aromatic rings. The summed E-state index contributed by atoms with van der Waals surface area (Å²) >= 11 is 6.19. The van der Waals surface area contributed by atoms with Crippen molar-refractivity contribution < 1.29 is 0 Å². The van der Waals surface area contributed by atoms with E-state index in [2.05, 4.69) is 18.7 Å². The molecule has 0 unspecified atom stereocenters. The number of rotatable bonds is 2. The van der Waals surface area contributed by atoms with Crippen LogP contribution in [0.4, 0.5) is 5.69 Å². The third kappa shape index (κ3) is 3.21. The van der Waals surface area contributed by atoms with Gasteiger partial charge in [-0.15, -0.1) is 0 Å². The summed E-state index contributed by atoms with van der Waals surface area (Å²) in [5.41, 5.74) is 7.75. The molecule has 0 atom stereocenters. The molecule has 0 spiro atoms. The number of nitrogens with zero attached hydrogens (tertiary/aromatic N) is 1. The first-order valence-corrected chi connectivity index (χ1v) is 7.16. The Kier molecular flexibility index (Phi) is 4.04. The maximum atomic E-state index is 7.74. The lowest BCUT2D eigenvalue weighted by Crippen LogP contribution is -2.28. The Bertz CT molecular complexity index is 482. The lowest BCUT2D eigenvalue weighted by Gasteiger charge is -2.27. The van der Waals surface area contributed by atoms with Gasteiger partial charge in [0.25, 0.3) is 0 Å². The fourth-order valence-electron chi connectivity index (χ4n) is 2.71. The van der Waals surface area contributed by atoms with Crippen LogP contribution in [0.25, 0.3) is 0 Å². The Labute approximate surface area is 120 Å². The van der Waals surface area contributed by atoms with Gasteiger partial charge in [0.1, 0.15) is 5.84 Å². The van der Waals surface area contributed by atoms with Gasteiger partial charge in [-0.2, -0.15) is 0 Å². The summed E-state index contributed by atoms with van der Waals surface area (Å²) in [5, 5.41) is 8.30. The van der Waals surface area contributed by atoms with Gasteiger partial charge in [-0.05, 0) is 36.8 Å². The SMILES string of the molecule is CC1(C)CCCN(c2cccc(Cl)c2C(=N)N)CC1. The van der Waals surface area contributed by atoms with Crippen molar-refractivity contribution in [3.8, 4) is 0 Å². The predicted molar refractivity (Wildman–Crippen MR) is 82.3 cm³/mol. The maximum Gasteiger partial charge on any atom is 0.126 e.